The highest BCUT2D eigenvalue weighted by atomic mass is 31.2. The van der Waals surface area contributed by atoms with Crippen molar-refractivity contribution in [3.63, 3.8) is 0 Å². The summed E-state index contributed by atoms with van der Waals surface area (Å²) in [6.45, 7) is 7.32. The molecule has 0 aromatic rings. The lowest BCUT2D eigenvalue weighted by Gasteiger charge is -2.21. The number of hydrogen-bond donors (Lipinski definition) is 3. The molecule has 570 valence electrons. The van der Waals surface area contributed by atoms with Crippen molar-refractivity contribution in [3.05, 3.63) is 0 Å². The minimum Gasteiger partial charge on any atom is -0.462 e. The van der Waals surface area contributed by atoms with Gasteiger partial charge < -0.3 is 33.8 Å². The largest absolute Gasteiger partial charge is 0.472 e. The molecule has 0 saturated carbocycles. The predicted molar refractivity (Wildman–Crippen MR) is 391 cm³/mol. The zero-order chi connectivity index (χ0) is 70.5. The van der Waals surface area contributed by atoms with Gasteiger partial charge in [0.05, 0.1) is 26.4 Å². The summed E-state index contributed by atoms with van der Waals surface area (Å²) in [5.74, 6) is -1.31. The fourth-order valence-electron chi connectivity index (χ4n) is 11.9. The molecule has 19 heteroatoms. The van der Waals surface area contributed by atoms with Crippen LogP contribution in [0.3, 0.4) is 0 Å². The molecule has 2 unspecified atom stereocenters. The van der Waals surface area contributed by atoms with Crippen molar-refractivity contribution in [2.45, 2.75) is 425 Å². The smallest absolute Gasteiger partial charge is 0.462 e. The first-order valence-corrected chi connectivity index (χ1v) is 43.1. The van der Waals surface area contributed by atoms with Crippen molar-refractivity contribution in [3.8, 4) is 0 Å². The van der Waals surface area contributed by atoms with Crippen LogP contribution < -0.4 is 0 Å². The van der Waals surface area contributed by atoms with E-state index in [2.05, 4.69) is 34.6 Å². The molecule has 0 aromatic carbocycles. The second kappa shape index (κ2) is 70.1. The first kappa shape index (κ1) is 94.1. The van der Waals surface area contributed by atoms with E-state index in [0.717, 1.165) is 95.8 Å². The Morgan fingerprint density at radius 1 is 0.281 bits per heavy atom. The molecule has 0 radical (unpaired) electrons. The lowest BCUT2D eigenvalue weighted by molar-refractivity contribution is -0.161. The van der Waals surface area contributed by atoms with Crippen LogP contribution >= 0.6 is 15.6 Å². The summed E-state index contributed by atoms with van der Waals surface area (Å²) < 4.78 is 68.5. The Morgan fingerprint density at radius 2 is 0.479 bits per heavy atom. The first-order valence-electron chi connectivity index (χ1n) is 40.1. The van der Waals surface area contributed by atoms with E-state index in [1.165, 1.54) is 231 Å². The zero-order valence-electron chi connectivity index (χ0n) is 62.5. The molecule has 0 rings (SSSR count). The van der Waals surface area contributed by atoms with Crippen LogP contribution in [0.25, 0.3) is 0 Å². The molecule has 0 aliphatic carbocycles. The lowest BCUT2D eigenvalue weighted by atomic mass is 10.0. The summed E-state index contributed by atoms with van der Waals surface area (Å²) >= 11 is 0. The van der Waals surface area contributed by atoms with Gasteiger partial charge in [0.15, 0.2) is 12.2 Å². The molecule has 0 aliphatic rings. The van der Waals surface area contributed by atoms with Crippen LogP contribution in [0.5, 0.6) is 0 Å². The van der Waals surface area contributed by atoms with Crippen LogP contribution in [0.15, 0.2) is 0 Å². The molecule has 17 nitrogen and oxygen atoms in total. The fraction of sp³-hybridized carbons (Fsp3) is 0.948. The Morgan fingerprint density at radius 3 is 0.708 bits per heavy atom. The van der Waals surface area contributed by atoms with E-state index >= 15 is 0 Å². The van der Waals surface area contributed by atoms with Crippen LogP contribution in [0.1, 0.15) is 407 Å². The van der Waals surface area contributed by atoms with E-state index in [1.807, 2.05) is 0 Å². The minimum absolute atomic E-state index is 0.107. The third kappa shape index (κ3) is 70.5. The molecule has 0 saturated heterocycles. The van der Waals surface area contributed by atoms with Gasteiger partial charge in [-0.25, -0.2) is 9.13 Å². The number of carbonyl (C=O) groups excluding carboxylic acids is 4. The molecule has 0 aromatic heterocycles. The maximum Gasteiger partial charge on any atom is 0.472 e. The molecule has 96 heavy (non-hydrogen) atoms. The molecule has 0 amide bonds. The molecule has 0 heterocycles. The molecule has 5 atom stereocenters. The normalized spacial score (nSPS) is 13.9. The second-order valence-electron chi connectivity index (χ2n) is 28.2. The summed E-state index contributed by atoms with van der Waals surface area (Å²) in [6, 6.07) is 0. The van der Waals surface area contributed by atoms with Crippen LogP contribution in [0.2, 0.25) is 0 Å². The second-order valence-corrected chi connectivity index (χ2v) is 31.1. The van der Waals surface area contributed by atoms with E-state index < -0.39 is 97.5 Å². The quantitative estimate of drug-likeness (QED) is 0.0222. The van der Waals surface area contributed by atoms with Crippen LogP contribution in [-0.4, -0.2) is 96.7 Å². The number of hydrogen-bond acceptors (Lipinski definition) is 15. The van der Waals surface area contributed by atoms with Crippen molar-refractivity contribution in [1.29, 1.82) is 0 Å². The predicted octanol–water partition coefficient (Wildman–Crippen LogP) is 22.9. The van der Waals surface area contributed by atoms with Gasteiger partial charge in [-0.15, -0.1) is 0 Å². The highest BCUT2D eigenvalue weighted by Gasteiger charge is 2.30. The van der Waals surface area contributed by atoms with Crippen LogP contribution in [0.4, 0.5) is 0 Å². The number of carbonyl (C=O) groups is 4. The zero-order valence-corrected chi connectivity index (χ0v) is 64.3. The summed E-state index contributed by atoms with van der Waals surface area (Å²) in [4.78, 5) is 72.8. The Balaban J connectivity index is 5.22. The topological polar surface area (TPSA) is 237 Å². The summed E-state index contributed by atoms with van der Waals surface area (Å²) in [5.41, 5.74) is 0. The Bertz CT molecular complexity index is 1840. The SMILES string of the molecule is CCCCCCCCCCCCCCCCCCCCC(=O)O[C@H](COC(=O)CCCCCCCCCCCCCCCCC(C)C)COP(=O)(O)OC[C@@H](O)COP(=O)(O)OC[C@@H](COC(=O)CCCCCCCCCCCC)OC(=O)CCCCCCCCCCCCC. The van der Waals surface area contributed by atoms with E-state index in [9.17, 15) is 43.2 Å². The molecular formula is C77H150O17P2. The minimum atomic E-state index is -4.96. The first-order chi connectivity index (χ1) is 46.5. The molecule has 0 aliphatic heterocycles. The van der Waals surface area contributed by atoms with Gasteiger partial charge in [0.2, 0.25) is 0 Å². The number of aliphatic hydroxyl groups excluding tert-OH is 1. The highest BCUT2D eigenvalue weighted by Crippen LogP contribution is 2.45. The van der Waals surface area contributed by atoms with Gasteiger partial charge in [0.1, 0.15) is 19.3 Å². The van der Waals surface area contributed by atoms with Crippen molar-refractivity contribution in [1.82, 2.24) is 0 Å². The average Bonchev–Trinajstić information content (AvgIpc) is 1.17. The van der Waals surface area contributed by atoms with Crippen molar-refractivity contribution in [2.24, 2.45) is 5.92 Å². The van der Waals surface area contributed by atoms with Gasteiger partial charge in [-0.3, -0.25) is 37.3 Å². The number of ether oxygens (including phenoxy) is 4. The van der Waals surface area contributed by atoms with E-state index in [1.54, 1.807) is 0 Å². The maximum absolute atomic E-state index is 13.1. The van der Waals surface area contributed by atoms with E-state index in [0.29, 0.717) is 25.7 Å². The van der Waals surface area contributed by atoms with Gasteiger partial charge in [-0.1, -0.05) is 356 Å². The number of esters is 4. The molecule has 0 spiro atoms. The Labute approximate surface area is 588 Å². The van der Waals surface area contributed by atoms with Crippen molar-refractivity contribution in [2.75, 3.05) is 39.6 Å². The Kier molecular flexibility index (Phi) is 68.7. The number of phosphoric ester groups is 2. The number of aliphatic hydroxyl groups is 1. The Hall–Kier alpha value is -1.94. The monoisotopic (exact) mass is 1410 g/mol. The van der Waals surface area contributed by atoms with E-state index in [4.69, 9.17) is 37.0 Å². The third-order valence-corrected chi connectivity index (χ3v) is 19.9. The van der Waals surface area contributed by atoms with Gasteiger partial charge in [-0.05, 0) is 31.6 Å². The van der Waals surface area contributed by atoms with Gasteiger partial charge in [0, 0.05) is 25.7 Å². The summed E-state index contributed by atoms with van der Waals surface area (Å²) in [5, 5.41) is 10.6. The highest BCUT2D eigenvalue weighted by molar-refractivity contribution is 7.47. The van der Waals surface area contributed by atoms with Crippen LogP contribution in [0, 0.1) is 5.92 Å². The number of phosphoric acid groups is 2. The fourth-order valence-corrected chi connectivity index (χ4v) is 13.5. The van der Waals surface area contributed by atoms with Crippen LogP contribution in [-0.2, 0) is 65.4 Å². The summed E-state index contributed by atoms with van der Waals surface area (Å²) in [7, 11) is -9.91. The molecule has 0 fully saturated rings. The van der Waals surface area contributed by atoms with Crippen molar-refractivity contribution < 1.29 is 80.2 Å². The molecular weight excluding hydrogens is 1260 g/mol. The van der Waals surface area contributed by atoms with Gasteiger partial charge in [-0.2, -0.15) is 0 Å². The standard InChI is InChI=1S/C77H150O17P2/c1-6-9-12-15-18-21-24-25-26-27-28-29-34-38-43-48-53-58-63-77(82)94-73(67-88-75(80)61-56-51-46-41-37-33-31-30-32-36-39-44-49-54-59-70(4)5)69-92-96(85,86)90-65-71(78)64-89-95(83,84)91-68-72(66-87-74(79)60-55-50-45-40-23-20-17-14-11-8-3)93-76(81)62-57-52-47-42-35-22-19-16-13-10-7-2/h70-73,78H,6-69H2,1-5H3,(H,83,84)(H,85,86)/t71-,72+,73+/m0/s1. The van der Waals surface area contributed by atoms with Gasteiger partial charge in [0.25, 0.3) is 0 Å². The van der Waals surface area contributed by atoms with E-state index in [-0.39, 0.29) is 25.7 Å². The molecule has 3 N–H and O–H groups in total. The average molecular weight is 1410 g/mol. The summed E-state index contributed by atoms with van der Waals surface area (Å²) in [6.07, 6.45) is 59.6. The lowest BCUT2D eigenvalue weighted by Crippen LogP contribution is -2.30. The number of rotatable bonds is 77. The molecule has 0 bridgehead atoms. The maximum atomic E-state index is 13.1. The van der Waals surface area contributed by atoms with Crippen molar-refractivity contribution >= 4 is 39.5 Å². The number of unbranched alkanes of at least 4 members (excludes halogenated alkanes) is 49. The van der Waals surface area contributed by atoms with Gasteiger partial charge >= 0.3 is 39.5 Å². The third-order valence-electron chi connectivity index (χ3n) is 18.0.